The SMILES string of the molecule is CCOc1cc(/C=N\NC(=O)c2cc(C)[nH]n2)ccc1OC. The molecule has 0 radical (unpaired) electrons. The molecule has 1 amide bonds. The number of nitrogens with one attached hydrogen (secondary N) is 2. The zero-order chi connectivity index (χ0) is 15.9. The smallest absolute Gasteiger partial charge is 0.291 e. The van der Waals surface area contributed by atoms with Crippen molar-refractivity contribution in [3.05, 3.63) is 41.2 Å². The van der Waals surface area contributed by atoms with Crippen molar-refractivity contribution in [2.24, 2.45) is 5.10 Å². The zero-order valence-electron chi connectivity index (χ0n) is 12.7. The predicted molar refractivity (Wildman–Crippen MR) is 82.5 cm³/mol. The van der Waals surface area contributed by atoms with Crippen molar-refractivity contribution in [3.8, 4) is 11.5 Å². The van der Waals surface area contributed by atoms with Gasteiger partial charge in [0.05, 0.1) is 19.9 Å². The molecule has 0 spiro atoms. The molecule has 2 aromatic rings. The molecule has 22 heavy (non-hydrogen) atoms. The van der Waals surface area contributed by atoms with Gasteiger partial charge < -0.3 is 9.47 Å². The Balaban J connectivity index is 2.03. The van der Waals surface area contributed by atoms with Crippen LogP contribution in [0.3, 0.4) is 0 Å². The van der Waals surface area contributed by atoms with Crippen LogP contribution in [0.25, 0.3) is 0 Å². The van der Waals surface area contributed by atoms with Crippen LogP contribution in [0, 0.1) is 6.92 Å². The number of ether oxygens (including phenoxy) is 2. The van der Waals surface area contributed by atoms with Crippen molar-refractivity contribution in [2.75, 3.05) is 13.7 Å². The lowest BCUT2D eigenvalue weighted by atomic mass is 10.2. The van der Waals surface area contributed by atoms with Crippen LogP contribution in [-0.4, -0.2) is 36.0 Å². The van der Waals surface area contributed by atoms with E-state index in [-0.39, 0.29) is 5.91 Å². The van der Waals surface area contributed by atoms with E-state index in [4.69, 9.17) is 9.47 Å². The normalized spacial score (nSPS) is 10.7. The highest BCUT2D eigenvalue weighted by Crippen LogP contribution is 2.27. The summed E-state index contributed by atoms with van der Waals surface area (Å²) in [5.41, 5.74) is 4.30. The third-order valence-electron chi connectivity index (χ3n) is 2.81. The van der Waals surface area contributed by atoms with E-state index >= 15 is 0 Å². The van der Waals surface area contributed by atoms with Crippen molar-refractivity contribution in [3.63, 3.8) is 0 Å². The van der Waals surface area contributed by atoms with Gasteiger partial charge >= 0.3 is 0 Å². The number of rotatable bonds is 6. The number of methoxy groups -OCH3 is 1. The molecule has 0 aliphatic heterocycles. The maximum absolute atomic E-state index is 11.8. The van der Waals surface area contributed by atoms with Gasteiger partial charge in [0.2, 0.25) is 0 Å². The highest BCUT2D eigenvalue weighted by molar-refractivity contribution is 5.93. The number of H-pyrrole nitrogens is 1. The number of benzene rings is 1. The lowest BCUT2D eigenvalue weighted by Gasteiger charge is -2.09. The van der Waals surface area contributed by atoms with Crippen molar-refractivity contribution >= 4 is 12.1 Å². The Morgan fingerprint density at radius 3 is 2.86 bits per heavy atom. The second kappa shape index (κ2) is 7.26. The van der Waals surface area contributed by atoms with Gasteiger partial charge in [0.25, 0.3) is 5.91 Å². The molecule has 0 saturated carbocycles. The molecule has 2 rings (SSSR count). The minimum Gasteiger partial charge on any atom is -0.493 e. The molecule has 0 saturated heterocycles. The largest absolute Gasteiger partial charge is 0.493 e. The van der Waals surface area contributed by atoms with Gasteiger partial charge in [-0.3, -0.25) is 9.89 Å². The minimum absolute atomic E-state index is 0.291. The fourth-order valence-corrected chi connectivity index (χ4v) is 1.80. The van der Waals surface area contributed by atoms with E-state index in [2.05, 4.69) is 20.7 Å². The van der Waals surface area contributed by atoms with E-state index < -0.39 is 0 Å². The Labute approximate surface area is 128 Å². The Hall–Kier alpha value is -2.83. The molecule has 0 aliphatic carbocycles. The number of aromatic amines is 1. The van der Waals surface area contributed by atoms with Crippen molar-refractivity contribution in [1.29, 1.82) is 0 Å². The lowest BCUT2D eigenvalue weighted by Crippen LogP contribution is -2.18. The second-order valence-corrected chi connectivity index (χ2v) is 4.48. The average molecular weight is 302 g/mol. The van der Waals surface area contributed by atoms with E-state index in [1.165, 1.54) is 6.21 Å². The summed E-state index contributed by atoms with van der Waals surface area (Å²) >= 11 is 0. The molecular weight excluding hydrogens is 284 g/mol. The summed E-state index contributed by atoms with van der Waals surface area (Å²) < 4.78 is 10.7. The second-order valence-electron chi connectivity index (χ2n) is 4.48. The van der Waals surface area contributed by atoms with Crippen LogP contribution in [0.15, 0.2) is 29.4 Å². The van der Waals surface area contributed by atoms with Crippen LogP contribution in [0.2, 0.25) is 0 Å². The summed E-state index contributed by atoms with van der Waals surface area (Å²) in [5.74, 6) is 0.900. The number of aryl methyl sites for hydroxylation is 1. The van der Waals surface area contributed by atoms with Gasteiger partial charge in [-0.15, -0.1) is 0 Å². The monoisotopic (exact) mass is 302 g/mol. The Morgan fingerprint density at radius 2 is 2.23 bits per heavy atom. The Morgan fingerprint density at radius 1 is 1.41 bits per heavy atom. The molecule has 1 heterocycles. The first-order valence-corrected chi connectivity index (χ1v) is 6.80. The molecule has 2 N–H and O–H groups in total. The van der Waals surface area contributed by atoms with Crippen molar-refractivity contribution < 1.29 is 14.3 Å². The summed E-state index contributed by atoms with van der Waals surface area (Å²) in [6, 6.07) is 7.03. The summed E-state index contributed by atoms with van der Waals surface area (Å²) in [5, 5.41) is 10.5. The molecule has 116 valence electrons. The minimum atomic E-state index is -0.376. The van der Waals surface area contributed by atoms with E-state index in [1.54, 1.807) is 25.3 Å². The molecule has 0 unspecified atom stereocenters. The first kappa shape index (κ1) is 15.6. The Kier molecular flexibility index (Phi) is 5.13. The summed E-state index contributed by atoms with van der Waals surface area (Å²) in [6.45, 7) is 4.25. The highest BCUT2D eigenvalue weighted by atomic mass is 16.5. The first-order chi connectivity index (χ1) is 10.6. The number of amides is 1. The number of carbonyl (C=O) groups is 1. The fraction of sp³-hybridized carbons (Fsp3) is 0.267. The van der Waals surface area contributed by atoms with Gasteiger partial charge in [-0.25, -0.2) is 5.43 Å². The number of aromatic nitrogens is 2. The van der Waals surface area contributed by atoms with Gasteiger partial charge in [0, 0.05) is 5.69 Å². The van der Waals surface area contributed by atoms with Gasteiger partial charge in [-0.2, -0.15) is 10.2 Å². The highest BCUT2D eigenvalue weighted by Gasteiger charge is 2.08. The molecule has 0 bridgehead atoms. The quantitative estimate of drug-likeness (QED) is 0.630. The van der Waals surface area contributed by atoms with Gasteiger partial charge in [-0.1, -0.05) is 0 Å². The van der Waals surface area contributed by atoms with Gasteiger partial charge in [0.15, 0.2) is 17.2 Å². The van der Waals surface area contributed by atoms with E-state index in [0.29, 0.717) is 23.8 Å². The first-order valence-electron chi connectivity index (χ1n) is 6.80. The number of carbonyl (C=O) groups excluding carboxylic acids is 1. The summed E-state index contributed by atoms with van der Waals surface area (Å²) in [4.78, 5) is 11.8. The third-order valence-corrected chi connectivity index (χ3v) is 2.81. The van der Waals surface area contributed by atoms with Crippen LogP contribution in [0.1, 0.15) is 28.7 Å². The molecule has 1 aromatic heterocycles. The topological polar surface area (TPSA) is 88.6 Å². The van der Waals surface area contributed by atoms with Gasteiger partial charge in [0.1, 0.15) is 0 Å². The maximum atomic E-state index is 11.8. The van der Waals surface area contributed by atoms with E-state index in [1.807, 2.05) is 19.9 Å². The summed E-state index contributed by atoms with van der Waals surface area (Å²) in [7, 11) is 1.58. The Bertz CT molecular complexity index is 679. The molecular formula is C15H18N4O3. The molecule has 0 fully saturated rings. The summed E-state index contributed by atoms with van der Waals surface area (Å²) in [6.07, 6.45) is 1.53. The van der Waals surface area contributed by atoms with Crippen LogP contribution in [0.4, 0.5) is 0 Å². The maximum Gasteiger partial charge on any atom is 0.291 e. The number of nitrogens with zero attached hydrogens (tertiary/aromatic N) is 2. The average Bonchev–Trinajstić information content (AvgIpc) is 2.94. The van der Waals surface area contributed by atoms with E-state index in [0.717, 1.165) is 11.3 Å². The molecule has 7 heteroatoms. The lowest BCUT2D eigenvalue weighted by molar-refractivity contribution is 0.0950. The zero-order valence-corrected chi connectivity index (χ0v) is 12.7. The predicted octanol–water partition coefficient (Wildman–Crippen LogP) is 1.89. The molecule has 0 atom stereocenters. The van der Waals surface area contributed by atoms with Crippen molar-refractivity contribution in [1.82, 2.24) is 15.6 Å². The van der Waals surface area contributed by atoms with Crippen LogP contribution in [-0.2, 0) is 0 Å². The van der Waals surface area contributed by atoms with E-state index in [9.17, 15) is 4.79 Å². The standard InChI is InChI=1S/C15H18N4O3/c1-4-22-14-8-11(5-6-13(14)21-3)9-16-19-15(20)12-7-10(2)17-18-12/h5-9H,4H2,1-3H3,(H,17,18)(H,19,20)/b16-9-. The number of hydrazone groups is 1. The third kappa shape index (κ3) is 3.85. The number of hydrogen-bond acceptors (Lipinski definition) is 5. The molecule has 1 aromatic carbocycles. The number of hydrogen-bond donors (Lipinski definition) is 2. The van der Waals surface area contributed by atoms with Crippen LogP contribution >= 0.6 is 0 Å². The van der Waals surface area contributed by atoms with Crippen LogP contribution in [0.5, 0.6) is 11.5 Å². The van der Waals surface area contributed by atoms with Gasteiger partial charge in [-0.05, 0) is 43.7 Å². The van der Waals surface area contributed by atoms with Crippen LogP contribution < -0.4 is 14.9 Å². The van der Waals surface area contributed by atoms with Crippen molar-refractivity contribution in [2.45, 2.75) is 13.8 Å². The fourth-order valence-electron chi connectivity index (χ4n) is 1.80. The molecule has 7 nitrogen and oxygen atoms in total. The molecule has 0 aliphatic rings.